The number of aromatic nitrogens is 1. The van der Waals surface area contributed by atoms with E-state index in [0.717, 1.165) is 44.3 Å². The molecule has 0 aliphatic carbocycles. The van der Waals surface area contributed by atoms with Gasteiger partial charge in [0.15, 0.2) is 0 Å². The maximum absolute atomic E-state index is 13.5. The Hall–Kier alpha value is -2.02. The molecule has 30 heavy (non-hydrogen) atoms. The van der Waals surface area contributed by atoms with E-state index in [0.29, 0.717) is 15.6 Å². The van der Waals surface area contributed by atoms with Gasteiger partial charge in [-0.3, -0.25) is 0 Å². The minimum atomic E-state index is -3.87. The molecule has 0 saturated carbocycles. The fourth-order valence-corrected chi connectivity index (χ4v) is 5.36. The fraction of sp³-hybridized carbons (Fsp3) is 0.318. The van der Waals surface area contributed by atoms with Crippen molar-refractivity contribution in [1.82, 2.24) is 4.98 Å². The van der Waals surface area contributed by atoms with Crippen LogP contribution in [0.15, 0.2) is 56.8 Å². The second-order valence-electron chi connectivity index (χ2n) is 7.47. The van der Waals surface area contributed by atoms with Crippen molar-refractivity contribution in [2.75, 3.05) is 18.0 Å². The number of hydrogen-bond donors (Lipinski definition) is 0. The normalized spacial score (nSPS) is 15.2. The number of rotatable bonds is 4. The van der Waals surface area contributed by atoms with Gasteiger partial charge in [-0.25, -0.2) is 8.42 Å². The summed E-state index contributed by atoms with van der Waals surface area (Å²) >= 11 is 12.3. The highest BCUT2D eigenvalue weighted by Crippen LogP contribution is 2.38. The predicted molar refractivity (Wildman–Crippen MR) is 119 cm³/mol. The van der Waals surface area contributed by atoms with E-state index in [-0.39, 0.29) is 21.7 Å². The molecule has 1 aromatic heterocycles. The zero-order valence-electron chi connectivity index (χ0n) is 16.6. The lowest BCUT2D eigenvalue weighted by molar-refractivity contribution is 0.543. The molecule has 4 rings (SSSR count). The van der Waals surface area contributed by atoms with Crippen LogP contribution >= 0.6 is 23.2 Å². The second kappa shape index (κ2) is 8.61. The van der Waals surface area contributed by atoms with Crippen LogP contribution < -0.4 is 4.90 Å². The highest BCUT2D eigenvalue weighted by Gasteiger charge is 2.32. The van der Waals surface area contributed by atoms with Crippen LogP contribution in [0.25, 0.3) is 11.5 Å². The summed E-state index contributed by atoms with van der Waals surface area (Å²) in [5.41, 5.74) is 1.48. The molecular formula is C22H22Cl2N2O3S. The SMILES string of the molecule is Cc1ccc(S(=O)(=O)c2nc(-c3ccc(Cl)cc3Cl)oc2N2CCCCCC2)cc1. The molecule has 1 fully saturated rings. The van der Waals surface area contributed by atoms with Crippen molar-refractivity contribution in [3.8, 4) is 11.5 Å². The van der Waals surface area contributed by atoms with Crippen LogP contribution in [0.2, 0.25) is 10.0 Å². The number of anilines is 1. The minimum Gasteiger partial charge on any atom is -0.419 e. The third-order valence-electron chi connectivity index (χ3n) is 5.22. The number of aryl methyl sites for hydroxylation is 1. The average molecular weight is 465 g/mol. The van der Waals surface area contributed by atoms with Gasteiger partial charge in [0.1, 0.15) is 0 Å². The summed E-state index contributed by atoms with van der Waals surface area (Å²) in [6, 6.07) is 11.7. The molecule has 0 spiro atoms. The van der Waals surface area contributed by atoms with Gasteiger partial charge >= 0.3 is 0 Å². The Balaban J connectivity index is 1.87. The molecule has 0 unspecified atom stereocenters. The molecule has 8 heteroatoms. The molecule has 0 N–H and O–H groups in total. The van der Waals surface area contributed by atoms with Crippen molar-refractivity contribution >= 4 is 38.9 Å². The van der Waals surface area contributed by atoms with Crippen LogP contribution in [0.1, 0.15) is 31.2 Å². The van der Waals surface area contributed by atoms with E-state index < -0.39 is 9.84 Å². The Morgan fingerprint density at radius 3 is 2.27 bits per heavy atom. The first-order chi connectivity index (χ1) is 14.4. The van der Waals surface area contributed by atoms with E-state index >= 15 is 0 Å². The van der Waals surface area contributed by atoms with Crippen molar-refractivity contribution < 1.29 is 12.8 Å². The lowest BCUT2D eigenvalue weighted by Crippen LogP contribution is -2.25. The molecule has 0 amide bonds. The van der Waals surface area contributed by atoms with Crippen LogP contribution in [0.3, 0.4) is 0 Å². The van der Waals surface area contributed by atoms with Gasteiger partial charge in [0.2, 0.25) is 26.6 Å². The van der Waals surface area contributed by atoms with E-state index in [1.165, 1.54) is 0 Å². The van der Waals surface area contributed by atoms with Crippen molar-refractivity contribution in [3.05, 3.63) is 58.1 Å². The molecule has 1 saturated heterocycles. The molecule has 3 aromatic rings. The van der Waals surface area contributed by atoms with Crippen molar-refractivity contribution in [2.24, 2.45) is 0 Å². The first-order valence-electron chi connectivity index (χ1n) is 9.89. The number of nitrogens with zero attached hydrogens (tertiary/aromatic N) is 2. The van der Waals surface area contributed by atoms with Crippen LogP contribution in [-0.4, -0.2) is 26.5 Å². The van der Waals surface area contributed by atoms with Crippen molar-refractivity contribution in [1.29, 1.82) is 0 Å². The highest BCUT2D eigenvalue weighted by molar-refractivity contribution is 7.91. The number of oxazole rings is 1. The molecule has 2 heterocycles. The lowest BCUT2D eigenvalue weighted by atomic mass is 10.2. The largest absolute Gasteiger partial charge is 0.419 e. The minimum absolute atomic E-state index is 0.0748. The zero-order chi connectivity index (χ0) is 21.3. The summed E-state index contributed by atoms with van der Waals surface area (Å²) in [4.78, 5) is 6.59. The van der Waals surface area contributed by atoms with Gasteiger partial charge in [0, 0.05) is 18.1 Å². The topological polar surface area (TPSA) is 63.4 Å². The van der Waals surface area contributed by atoms with Gasteiger partial charge in [-0.2, -0.15) is 4.98 Å². The Morgan fingerprint density at radius 1 is 0.967 bits per heavy atom. The number of hydrogen-bond acceptors (Lipinski definition) is 5. The van der Waals surface area contributed by atoms with Crippen LogP contribution in [0.5, 0.6) is 0 Å². The maximum atomic E-state index is 13.5. The third-order valence-corrected chi connectivity index (χ3v) is 7.44. The van der Waals surface area contributed by atoms with Crippen molar-refractivity contribution in [2.45, 2.75) is 42.5 Å². The average Bonchev–Trinajstić information content (AvgIpc) is 2.97. The molecular weight excluding hydrogens is 443 g/mol. The maximum Gasteiger partial charge on any atom is 0.236 e. The van der Waals surface area contributed by atoms with Gasteiger partial charge < -0.3 is 9.32 Å². The molecule has 158 valence electrons. The van der Waals surface area contributed by atoms with Crippen LogP contribution in [0.4, 0.5) is 5.88 Å². The molecule has 0 bridgehead atoms. The third kappa shape index (κ3) is 4.22. The number of halogens is 2. The van der Waals surface area contributed by atoms with Crippen molar-refractivity contribution in [3.63, 3.8) is 0 Å². The summed E-state index contributed by atoms with van der Waals surface area (Å²) < 4.78 is 33.0. The Kier molecular flexibility index (Phi) is 6.09. The summed E-state index contributed by atoms with van der Waals surface area (Å²) in [7, 11) is -3.87. The Morgan fingerprint density at radius 2 is 1.63 bits per heavy atom. The summed E-state index contributed by atoms with van der Waals surface area (Å²) in [6.07, 6.45) is 4.17. The molecule has 0 radical (unpaired) electrons. The van der Waals surface area contributed by atoms with E-state index in [1.807, 2.05) is 11.8 Å². The second-order valence-corrected chi connectivity index (χ2v) is 10.2. The van der Waals surface area contributed by atoms with Gasteiger partial charge in [0.25, 0.3) is 0 Å². The summed E-state index contributed by atoms with van der Waals surface area (Å²) in [6.45, 7) is 3.36. The monoisotopic (exact) mass is 464 g/mol. The van der Waals surface area contributed by atoms with Gasteiger partial charge in [-0.15, -0.1) is 0 Å². The Labute approximate surface area is 186 Å². The number of sulfone groups is 1. The fourth-order valence-electron chi connectivity index (χ4n) is 3.55. The van der Waals surface area contributed by atoms with Gasteiger partial charge in [0.05, 0.1) is 15.5 Å². The number of benzene rings is 2. The Bertz CT molecular complexity index is 1150. The smallest absolute Gasteiger partial charge is 0.236 e. The van der Waals surface area contributed by atoms with Gasteiger partial charge in [-0.1, -0.05) is 53.7 Å². The molecule has 1 aliphatic rings. The molecule has 1 aliphatic heterocycles. The molecule has 2 aromatic carbocycles. The van der Waals surface area contributed by atoms with Crippen LogP contribution in [-0.2, 0) is 9.84 Å². The zero-order valence-corrected chi connectivity index (χ0v) is 18.9. The standard InChI is InChI=1S/C22H22Cl2N2O3S/c1-15-6-9-17(10-7-15)30(27,28)21-22(26-12-4-2-3-5-13-26)29-20(25-21)18-11-8-16(23)14-19(18)24/h6-11,14H,2-5,12-13H2,1H3. The van der Waals surface area contributed by atoms with Crippen LogP contribution in [0, 0.1) is 6.92 Å². The van der Waals surface area contributed by atoms with E-state index in [1.54, 1.807) is 42.5 Å². The highest BCUT2D eigenvalue weighted by atomic mass is 35.5. The molecule has 5 nitrogen and oxygen atoms in total. The van der Waals surface area contributed by atoms with E-state index in [9.17, 15) is 8.42 Å². The predicted octanol–water partition coefficient (Wildman–Crippen LogP) is 6.17. The quantitative estimate of drug-likeness (QED) is 0.461. The van der Waals surface area contributed by atoms with E-state index in [2.05, 4.69) is 4.98 Å². The summed E-state index contributed by atoms with van der Waals surface area (Å²) in [5.74, 6) is 0.445. The first kappa shape index (κ1) is 21.2. The first-order valence-corrected chi connectivity index (χ1v) is 12.1. The summed E-state index contributed by atoms with van der Waals surface area (Å²) in [5, 5.41) is 0.760. The van der Waals surface area contributed by atoms with Gasteiger partial charge in [-0.05, 0) is 50.1 Å². The molecule has 0 atom stereocenters. The lowest BCUT2D eigenvalue weighted by Gasteiger charge is -2.20. The van der Waals surface area contributed by atoms with E-state index in [4.69, 9.17) is 27.6 Å².